The molecule has 0 rings (SSSR count). The van der Waals surface area contributed by atoms with Gasteiger partial charge in [-0.15, -0.1) is 0 Å². The number of aliphatic carboxylic acids is 1. The van der Waals surface area contributed by atoms with E-state index >= 15 is 0 Å². The summed E-state index contributed by atoms with van der Waals surface area (Å²) in [5.74, 6) is -2.95. The lowest BCUT2D eigenvalue weighted by atomic mass is 10.0. The second-order valence-electron chi connectivity index (χ2n) is 8.67. The molecule has 0 spiro atoms. The fourth-order valence-corrected chi connectivity index (χ4v) is 3.07. The molecule has 0 aliphatic heterocycles. The zero-order valence-corrected chi connectivity index (χ0v) is 20.4. The lowest BCUT2D eigenvalue weighted by Crippen LogP contribution is -2.57. The third kappa shape index (κ3) is 13.6. The maximum absolute atomic E-state index is 13.0. The summed E-state index contributed by atoms with van der Waals surface area (Å²) in [7, 11) is 0. The van der Waals surface area contributed by atoms with Gasteiger partial charge in [0.1, 0.15) is 18.1 Å². The van der Waals surface area contributed by atoms with Gasteiger partial charge in [0.25, 0.3) is 0 Å². The van der Waals surface area contributed by atoms with E-state index in [1.165, 1.54) is 6.92 Å². The molecule has 13 nitrogen and oxygen atoms in total. The molecule has 4 atom stereocenters. The lowest BCUT2D eigenvalue weighted by Gasteiger charge is -2.25. The summed E-state index contributed by atoms with van der Waals surface area (Å²) in [6.07, 6.45) is 2.24. The number of carboxylic acids is 1. The number of carbonyl (C=O) groups excluding carboxylic acids is 3. The summed E-state index contributed by atoms with van der Waals surface area (Å²) in [6, 6.07) is -3.91. The molecule has 0 saturated carbocycles. The number of nitrogens with one attached hydrogen (secondary N) is 3. The van der Waals surface area contributed by atoms with Gasteiger partial charge in [-0.2, -0.15) is 0 Å². The zero-order valence-electron chi connectivity index (χ0n) is 20.4. The Labute approximate surface area is 200 Å². The van der Waals surface area contributed by atoms with Crippen LogP contribution in [0.3, 0.4) is 0 Å². The molecule has 3 amide bonds. The van der Waals surface area contributed by atoms with Crippen LogP contribution in [0.1, 0.15) is 59.3 Å². The molecular formula is C21H42N8O5. The van der Waals surface area contributed by atoms with Crippen molar-refractivity contribution in [2.75, 3.05) is 13.1 Å². The van der Waals surface area contributed by atoms with E-state index in [4.69, 9.17) is 22.9 Å². The summed E-state index contributed by atoms with van der Waals surface area (Å²) in [4.78, 5) is 53.4. The Hall–Kier alpha value is -2.93. The lowest BCUT2D eigenvalue weighted by molar-refractivity contribution is -0.142. The maximum atomic E-state index is 13.0. The largest absolute Gasteiger partial charge is 0.480 e. The number of guanidine groups is 1. The molecule has 34 heavy (non-hydrogen) atoms. The second kappa shape index (κ2) is 16.6. The molecule has 0 heterocycles. The van der Waals surface area contributed by atoms with Gasteiger partial charge in [-0.25, -0.2) is 4.79 Å². The summed E-state index contributed by atoms with van der Waals surface area (Å²) in [5.41, 5.74) is 21.7. The van der Waals surface area contributed by atoms with Crippen molar-refractivity contribution in [2.24, 2.45) is 33.8 Å². The van der Waals surface area contributed by atoms with Crippen LogP contribution in [-0.2, 0) is 19.2 Å². The highest BCUT2D eigenvalue weighted by molar-refractivity contribution is 5.94. The van der Waals surface area contributed by atoms with Crippen LogP contribution < -0.4 is 38.9 Å². The highest BCUT2D eigenvalue weighted by Crippen LogP contribution is 2.08. The Morgan fingerprint density at radius 2 is 1.32 bits per heavy atom. The van der Waals surface area contributed by atoms with E-state index in [-0.39, 0.29) is 37.7 Å². The number of aliphatic imine (C=N–C) groups is 1. The number of carboxylic acid groups (broad SMARTS) is 1. The molecule has 196 valence electrons. The standard InChI is InChI=1S/C21H42N8O5/c1-12(2)11-16(20(33)34)29-19(32)14(7-4-5-9-22)28-18(31)15(27-17(30)13(3)23)8-6-10-26-21(24)25/h12-16H,4-11,22-23H2,1-3H3,(H,27,30)(H,28,31)(H,29,32)(H,33,34)(H4,24,25,26). The molecule has 0 aromatic rings. The van der Waals surface area contributed by atoms with E-state index in [0.29, 0.717) is 25.8 Å². The van der Waals surface area contributed by atoms with Crippen LogP contribution in [0.2, 0.25) is 0 Å². The van der Waals surface area contributed by atoms with Gasteiger partial charge in [0.05, 0.1) is 6.04 Å². The Balaban J connectivity index is 5.48. The Bertz CT molecular complexity index is 695. The van der Waals surface area contributed by atoms with Crippen molar-refractivity contribution < 1.29 is 24.3 Å². The van der Waals surface area contributed by atoms with Gasteiger partial charge in [0, 0.05) is 6.54 Å². The Kier molecular flexibility index (Phi) is 15.2. The third-order valence-corrected chi connectivity index (χ3v) is 4.89. The van der Waals surface area contributed by atoms with Crippen molar-refractivity contribution in [3.63, 3.8) is 0 Å². The van der Waals surface area contributed by atoms with Crippen LogP contribution in [0.4, 0.5) is 0 Å². The van der Waals surface area contributed by atoms with E-state index in [2.05, 4.69) is 20.9 Å². The highest BCUT2D eigenvalue weighted by atomic mass is 16.4. The van der Waals surface area contributed by atoms with Crippen molar-refractivity contribution in [2.45, 2.75) is 83.5 Å². The van der Waals surface area contributed by atoms with Crippen LogP contribution >= 0.6 is 0 Å². The van der Waals surface area contributed by atoms with Crippen molar-refractivity contribution in [3.05, 3.63) is 0 Å². The number of hydrogen-bond donors (Lipinski definition) is 8. The van der Waals surface area contributed by atoms with Gasteiger partial charge in [-0.1, -0.05) is 13.8 Å². The van der Waals surface area contributed by atoms with Crippen molar-refractivity contribution in [3.8, 4) is 0 Å². The van der Waals surface area contributed by atoms with Crippen molar-refractivity contribution in [1.29, 1.82) is 0 Å². The number of amides is 3. The number of hydrogen-bond acceptors (Lipinski definition) is 7. The quantitative estimate of drug-likeness (QED) is 0.0649. The van der Waals surface area contributed by atoms with Crippen LogP contribution in [0, 0.1) is 5.92 Å². The molecule has 0 aliphatic carbocycles. The van der Waals surface area contributed by atoms with Crippen LogP contribution in [-0.4, -0.2) is 72.0 Å². The number of rotatable bonds is 17. The fourth-order valence-electron chi connectivity index (χ4n) is 3.07. The number of unbranched alkanes of at least 4 members (excludes halogenated alkanes) is 1. The van der Waals surface area contributed by atoms with Gasteiger partial charge >= 0.3 is 5.97 Å². The molecule has 0 bridgehead atoms. The van der Waals surface area contributed by atoms with E-state index in [0.717, 1.165) is 0 Å². The molecule has 0 radical (unpaired) electrons. The minimum absolute atomic E-state index is 0.0368. The maximum Gasteiger partial charge on any atom is 0.326 e. The highest BCUT2D eigenvalue weighted by Gasteiger charge is 2.29. The molecule has 0 aliphatic rings. The first-order valence-corrected chi connectivity index (χ1v) is 11.5. The number of carbonyl (C=O) groups is 4. The molecule has 13 heteroatoms. The van der Waals surface area contributed by atoms with Crippen LogP contribution in [0.25, 0.3) is 0 Å². The van der Waals surface area contributed by atoms with Crippen LogP contribution in [0.15, 0.2) is 4.99 Å². The molecule has 4 unspecified atom stereocenters. The molecule has 12 N–H and O–H groups in total. The summed E-state index contributed by atoms with van der Waals surface area (Å²) in [5, 5.41) is 17.2. The average molecular weight is 487 g/mol. The first-order valence-electron chi connectivity index (χ1n) is 11.5. The number of nitrogens with two attached hydrogens (primary N) is 4. The van der Waals surface area contributed by atoms with E-state index in [9.17, 15) is 24.3 Å². The van der Waals surface area contributed by atoms with Crippen LogP contribution in [0.5, 0.6) is 0 Å². The molecule has 0 aromatic heterocycles. The van der Waals surface area contributed by atoms with E-state index in [1.54, 1.807) is 0 Å². The van der Waals surface area contributed by atoms with Gasteiger partial charge in [-0.3, -0.25) is 19.4 Å². The summed E-state index contributed by atoms with van der Waals surface area (Å²) in [6.45, 7) is 5.82. The summed E-state index contributed by atoms with van der Waals surface area (Å²) >= 11 is 0. The monoisotopic (exact) mass is 486 g/mol. The predicted octanol–water partition coefficient (Wildman–Crippen LogP) is -1.90. The average Bonchev–Trinajstić information content (AvgIpc) is 2.73. The van der Waals surface area contributed by atoms with Gasteiger partial charge in [0.15, 0.2) is 5.96 Å². The predicted molar refractivity (Wildman–Crippen MR) is 129 cm³/mol. The van der Waals surface area contributed by atoms with Crippen molar-refractivity contribution >= 4 is 29.7 Å². The molecule has 0 saturated heterocycles. The van der Waals surface area contributed by atoms with Gasteiger partial charge in [-0.05, 0) is 57.9 Å². The Morgan fingerprint density at radius 3 is 1.76 bits per heavy atom. The zero-order chi connectivity index (χ0) is 26.3. The number of nitrogens with zero attached hydrogens (tertiary/aromatic N) is 1. The minimum Gasteiger partial charge on any atom is -0.480 e. The molecule has 0 fully saturated rings. The van der Waals surface area contributed by atoms with E-state index in [1.807, 2.05) is 13.8 Å². The smallest absolute Gasteiger partial charge is 0.326 e. The first-order chi connectivity index (χ1) is 15.9. The van der Waals surface area contributed by atoms with E-state index < -0.39 is 47.9 Å². The second-order valence-corrected chi connectivity index (χ2v) is 8.67. The van der Waals surface area contributed by atoms with Crippen molar-refractivity contribution in [1.82, 2.24) is 16.0 Å². The fraction of sp³-hybridized carbons (Fsp3) is 0.762. The van der Waals surface area contributed by atoms with Gasteiger partial charge in [0.2, 0.25) is 17.7 Å². The summed E-state index contributed by atoms with van der Waals surface area (Å²) < 4.78 is 0. The topological polar surface area (TPSA) is 241 Å². The third-order valence-electron chi connectivity index (χ3n) is 4.89. The Morgan fingerprint density at radius 1 is 0.824 bits per heavy atom. The first kappa shape index (κ1) is 31.1. The normalized spacial score (nSPS) is 14.4. The SMILES string of the molecule is CC(C)CC(NC(=O)C(CCCCN)NC(=O)C(CCCN=C(N)N)NC(=O)C(C)N)C(=O)O. The molecule has 0 aromatic carbocycles. The molecular weight excluding hydrogens is 444 g/mol. The van der Waals surface area contributed by atoms with Gasteiger partial charge < -0.3 is 44.0 Å². The minimum atomic E-state index is -1.16.